The Bertz CT molecular complexity index is 504. The first-order valence-corrected chi connectivity index (χ1v) is 8.31. The largest absolute Gasteiger partial charge is 0.494 e. The normalized spacial score (nSPS) is 11.9. The minimum atomic E-state index is 0. The van der Waals surface area contributed by atoms with Crippen LogP contribution in [0.4, 0.5) is 0 Å². The van der Waals surface area contributed by atoms with Crippen molar-refractivity contribution in [3.05, 3.63) is 29.8 Å². The number of benzene rings is 1. The fraction of sp³-hybridized carbons (Fsp3) is 0.611. The average molecular weight is 448 g/mol. The van der Waals surface area contributed by atoms with E-state index in [1.165, 1.54) is 0 Å². The number of para-hydroxylation sites is 1. The number of nitrogens with one attached hydrogen (secondary N) is 2. The average Bonchev–Trinajstić information content (AvgIpc) is 2.51. The number of rotatable bonds is 8. The standard InChI is InChI=1S/C18H32N4O.HI/c1-7-19-17(21-14-18(3,4)22(5)6)20-13-15-11-9-10-12-16(15)23-8-2;/h9-12H,7-8,13-14H2,1-6H3,(H2,19,20,21);1H. The van der Waals surface area contributed by atoms with Crippen LogP contribution in [0.25, 0.3) is 0 Å². The van der Waals surface area contributed by atoms with Gasteiger partial charge in [-0.2, -0.15) is 0 Å². The van der Waals surface area contributed by atoms with Gasteiger partial charge in [0.15, 0.2) is 5.96 Å². The summed E-state index contributed by atoms with van der Waals surface area (Å²) in [5.74, 6) is 1.73. The Kier molecular flexibility index (Phi) is 11.0. The van der Waals surface area contributed by atoms with Crippen molar-refractivity contribution >= 4 is 29.9 Å². The maximum absolute atomic E-state index is 5.66. The molecule has 0 saturated heterocycles. The van der Waals surface area contributed by atoms with Crippen LogP contribution in [-0.2, 0) is 6.54 Å². The highest BCUT2D eigenvalue weighted by molar-refractivity contribution is 14.0. The Morgan fingerprint density at radius 2 is 1.83 bits per heavy atom. The van der Waals surface area contributed by atoms with Gasteiger partial charge in [-0.1, -0.05) is 18.2 Å². The van der Waals surface area contributed by atoms with Crippen LogP contribution in [-0.4, -0.2) is 50.2 Å². The quantitative estimate of drug-likeness (QED) is 0.365. The molecule has 0 unspecified atom stereocenters. The number of guanidine groups is 1. The predicted octanol–water partition coefficient (Wildman–Crippen LogP) is 3.10. The molecule has 0 heterocycles. The summed E-state index contributed by atoms with van der Waals surface area (Å²) in [4.78, 5) is 6.89. The van der Waals surface area contributed by atoms with E-state index in [0.717, 1.165) is 30.4 Å². The summed E-state index contributed by atoms with van der Waals surface area (Å²) in [5.41, 5.74) is 1.15. The van der Waals surface area contributed by atoms with Crippen LogP contribution in [0.15, 0.2) is 29.3 Å². The number of nitrogens with zero attached hydrogens (tertiary/aromatic N) is 2. The zero-order chi connectivity index (χ0) is 17.3. The van der Waals surface area contributed by atoms with Gasteiger partial charge in [-0.05, 0) is 47.9 Å². The summed E-state index contributed by atoms with van der Waals surface area (Å²) in [6.07, 6.45) is 0. The molecule has 0 aromatic heterocycles. The lowest BCUT2D eigenvalue weighted by molar-refractivity contribution is 0.197. The van der Waals surface area contributed by atoms with Crippen LogP contribution >= 0.6 is 24.0 Å². The lowest BCUT2D eigenvalue weighted by Gasteiger charge is -2.33. The van der Waals surface area contributed by atoms with E-state index in [4.69, 9.17) is 4.74 Å². The molecule has 0 radical (unpaired) electrons. The predicted molar refractivity (Wildman–Crippen MR) is 114 cm³/mol. The van der Waals surface area contributed by atoms with E-state index in [-0.39, 0.29) is 29.5 Å². The molecule has 0 aliphatic rings. The van der Waals surface area contributed by atoms with E-state index in [1.807, 2.05) is 25.1 Å². The summed E-state index contributed by atoms with van der Waals surface area (Å²) in [6, 6.07) is 8.05. The van der Waals surface area contributed by atoms with Crippen LogP contribution < -0.4 is 15.4 Å². The third-order valence-corrected chi connectivity index (χ3v) is 3.92. The van der Waals surface area contributed by atoms with Gasteiger partial charge in [0, 0.05) is 24.2 Å². The van der Waals surface area contributed by atoms with E-state index in [2.05, 4.69) is 61.5 Å². The molecule has 0 atom stereocenters. The van der Waals surface area contributed by atoms with E-state index in [1.54, 1.807) is 0 Å². The number of hydrogen-bond donors (Lipinski definition) is 2. The zero-order valence-corrected chi connectivity index (χ0v) is 18.2. The lowest BCUT2D eigenvalue weighted by atomic mass is 10.0. The SMILES string of the molecule is CCNC(=NCc1ccccc1OCC)NCC(C)(C)N(C)C.I. The van der Waals surface area contributed by atoms with Crippen LogP contribution in [0.1, 0.15) is 33.3 Å². The Labute approximate surface area is 164 Å². The Morgan fingerprint density at radius 1 is 1.17 bits per heavy atom. The van der Waals surface area contributed by atoms with Crippen molar-refractivity contribution in [3.63, 3.8) is 0 Å². The second-order valence-electron chi connectivity index (χ2n) is 6.30. The third kappa shape index (κ3) is 7.70. The summed E-state index contributed by atoms with van der Waals surface area (Å²) in [7, 11) is 4.17. The van der Waals surface area contributed by atoms with Crippen molar-refractivity contribution in [3.8, 4) is 5.75 Å². The van der Waals surface area contributed by atoms with Crippen molar-refractivity contribution < 1.29 is 4.74 Å². The highest BCUT2D eigenvalue weighted by Crippen LogP contribution is 2.18. The lowest BCUT2D eigenvalue weighted by Crippen LogP contribution is -2.50. The van der Waals surface area contributed by atoms with E-state index in [9.17, 15) is 0 Å². The number of ether oxygens (including phenoxy) is 1. The van der Waals surface area contributed by atoms with Gasteiger partial charge in [-0.3, -0.25) is 0 Å². The van der Waals surface area contributed by atoms with E-state index >= 15 is 0 Å². The number of likely N-dealkylation sites (N-methyl/N-ethyl adjacent to an activating group) is 1. The number of aliphatic imine (C=N–C) groups is 1. The van der Waals surface area contributed by atoms with Gasteiger partial charge in [0.25, 0.3) is 0 Å². The van der Waals surface area contributed by atoms with Gasteiger partial charge < -0.3 is 20.3 Å². The molecule has 0 amide bonds. The zero-order valence-electron chi connectivity index (χ0n) is 15.8. The molecule has 0 aliphatic carbocycles. The molecular weight excluding hydrogens is 415 g/mol. The molecule has 0 spiro atoms. The molecule has 138 valence electrons. The molecule has 2 N–H and O–H groups in total. The molecule has 1 aromatic rings. The Balaban J connectivity index is 0.00000529. The highest BCUT2D eigenvalue weighted by atomic mass is 127. The van der Waals surface area contributed by atoms with Gasteiger partial charge in [-0.25, -0.2) is 4.99 Å². The van der Waals surface area contributed by atoms with Gasteiger partial charge >= 0.3 is 0 Å². The fourth-order valence-corrected chi connectivity index (χ4v) is 1.89. The minimum absolute atomic E-state index is 0. The smallest absolute Gasteiger partial charge is 0.191 e. The molecule has 0 saturated carbocycles. The van der Waals surface area contributed by atoms with Crippen LogP contribution in [0, 0.1) is 0 Å². The Hall–Kier alpha value is -1.02. The summed E-state index contributed by atoms with van der Waals surface area (Å²) in [5, 5.41) is 6.72. The molecule has 5 nitrogen and oxygen atoms in total. The first-order chi connectivity index (χ1) is 10.9. The molecule has 6 heteroatoms. The second kappa shape index (κ2) is 11.5. The van der Waals surface area contributed by atoms with Crippen molar-refractivity contribution in [2.75, 3.05) is 33.8 Å². The number of hydrogen-bond acceptors (Lipinski definition) is 3. The van der Waals surface area contributed by atoms with Crippen molar-refractivity contribution in [2.24, 2.45) is 4.99 Å². The van der Waals surface area contributed by atoms with Crippen LogP contribution in [0.3, 0.4) is 0 Å². The van der Waals surface area contributed by atoms with Crippen molar-refractivity contribution in [1.82, 2.24) is 15.5 Å². The fourth-order valence-electron chi connectivity index (χ4n) is 1.89. The summed E-state index contributed by atoms with van der Waals surface area (Å²) < 4.78 is 5.66. The van der Waals surface area contributed by atoms with Crippen LogP contribution in [0.2, 0.25) is 0 Å². The first kappa shape index (κ1) is 23.0. The molecular formula is C18H33IN4O. The maximum atomic E-state index is 5.66. The summed E-state index contributed by atoms with van der Waals surface area (Å²) in [6.45, 7) is 11.4. The van der Waals surface area contributed by atoms with Gasteiger partial charge in [0.05, 0.1) is 13.2 Å². The van der Waals surface area contributed by atoms with E-state index in [0.29, 0.717) is 13.2 Å². The van der Waals surface area contributed by atoms with Gasteiger partial charge in [0.1, 0.15) is 5.75 Å². The van der Waals surface area contributed by atoms with Gasteiger partial charge in [0.2, 0.25) is 0 Å². The van der Waals surface area contributed by atoms with E-state index < -0.39 is 0 Å². The van der Waals surface area contributed by atoms with Crippen molar-refractivity contribution in [2.45, 2.75) is 39.8 Å². The molecule has 24 heavy (non-hydrogen) atoms. The first-order valence-electron chi connectivity index (χ1n) is 8.31. The third-order valence-electron chi connectivity index (χ3n) is 3.92. The minimum Gasteiger partial charge on any atom is -0.494 e. The topological polar surface area (TPSA) is 48.9 Å². The molecule has 1 rings (SSSR count). The molecule has 0 aliphatic heterocycles. The summed E-state index contributed by atoms with van der Waals surface area (Å²) >= 11 is 0. The molecule has 1 aromatic carbocycles. The maximum Gasteiger partial charge on any atom is 0.191 e. The monoisotopic (exact) mass is 448 g/mol. The van der Waals surface area contributed by atoms with Crippen LogP contribution in [0.5, 0.6) is 5.75 Å². The molecule has 0 fully saturated rings. The van der Waals surface area contributed by atoms with Gasteiger partial charge in [-0.15, -0.1) is 24.0 Å². The molecule has 0 bridgehead atoms. The Morgan fingerprint density at radius 3 is 2.42 bits per heavy atom. The van der Waals surface area contributed by atoms with Crippen molar-refractivity contribution in [1.29, 1.82) is 0 Å². The highest BCUT2D eigenvalue weighted by Gasteiger charge is 2.20. The number of halogens is 1. The second-order valence-corrected chi connectivity index (χ2v) is 6.30.